The molecule has 1 nitrogen and oxygen atoms in total. The van der Waals surface area contributed by atoms with Crippen molar-refractivity contribution in [2.24, 2.45) is 0 Å². The van der Waals surface area contributed by atoms with Crippen molar-refractivity contribution >= 4 is 49.4 Å². The summed E-state index contributed by atoms with van der Waals surface area (Å²) >= 11 is 0. The van der Waals surface area contributed by atoms with Gasteiger partial charge in [0.05, 0.1) is 5.69 Å². The van der Waals surface area contributed by atoms with Crippen molar-refractivity contribution in [3.05, 3.63) is 223 Å². The van der Waals surface area contributed by atoms with Gasteiger partial charge in [0.1, 0.15) is 0 Å². The minimum Gasteiger partial charge on any atom is -0.310 e. The molecule has 274 valence electrons. The van der Waals surface area contributed by atoms with Crippen molar-refractivity contribution in [1.29, 1.82) is 0 Å². The average Bonchev–Trinajstić information content (AvgIpc) is 3.29. The van der Waals surface area contributed by atoms with Gasteiger partial charge >= 0.3 is 0 Å². The van der Waals surface area contributed by atoms with Gasteiger partial charge in [-0.05, 0) is 125 Å². The fourth-order valence-corrected chi connectivity index (χ4v) is 9.54. The van der Waals surface area contributed by atoms with Crippen molar-refractivity contribution < 1.29 is 0 Å². The maximum Gasteiger partial charge on any atom is 0.0546 e. The molecule has 0 amide bonds. The molecule has 58 heavy (non-hydrogen) atoms. The summed E-state index contributed by atoms with van der Waals surface area (Å²) in [7, 11) is 0. The van der Waals surface area contributed by atoms with Crippen LogP contribution in [-0.4, -0.2) is 0 Å². The Labute approximate surface area is 340 Å². The summed E-state index contributed by atoms with van der Waals surface area (Å²) in [6, 6.07) is 78.2. The third-order valence-electron chi connectivity index (χ3n) is 12.4. The van der Waals surface area contributed by atoms with Crippen molar-refractivity contribution in [3.8, 4) is 44.5 Å². The molecule has 10 aromatic carbocycles. The summed E-state index contributed by atoms with van der Waals surface area (Å²) in [5.41, 5.74) is 15.7. The van der Waals surface area contributed by atoms with E-state index in [-0.39, 0.29) is 5.41 Å². The maximum atomic E-state index is 2.48. The van der Waals surface area contributed by atoms with E-state index in [0.29, 0.717) is 0 Å². The Kier molecular flexibility index (Phi) is 7.91. The van der Waals surface area contributed by atoms with Crippen LogP contribution in [0.1, 0.15) is 25.0 Å². The van der Waals surface area contributed by atoms with Crippen molar-refractivity contribution in [2.45, 2.75) is 19.3 Å². The van der Waals surface area contributed by atoms with E-state index in [1.807, 2.05) is 0 Å². The predicted octanol–water partition coefficient (Wildman–Crippen LogP) is 15.9. The molecule has 11 rings (SSSR count). The maximum absolute atomic E-state index is 2.48. The lowest BCUT2D eigenvalue weighted by atomic mass is 9.67. The monoisotopic (exact) mass is 739 g/mol. The third kappa shape index (κ3) is 5.46. The van der Waals surface area contributed by atoms with Crippen LogP contribution in [0.3, 0.4) is 0 Å². The van der Waals surface area contributed by atoms with E-state index in [2.05, 4.69) is 231 Å². The number of rotatable bonds is 6. The standard InChI is InChI=1S/C57H41N/c1-57(2)52-34-28-44(50-36-43-18-9-10-20-47(43)48-21-11-12-22-49(48)50)37-51(52)56-54(35-29-42-19-13-23-53(57)55(42)56)58(45-30-24-40(25-31-45)38-14-5-3-6-15-38)46-32-26-41(27-33-46)39-16-7-4-8-17-39/h3-37H,1-2H3. The van der Waals surface area contributed by atoms with Crippen LogP contribution in [0.15, 0.2) is 212 Å². The summed E-state index contributed by atoms with van der Waals surface area (Å²) in [5, 5.41) is 7.68. The van der Waals surface area contributed by atoms with Gasteiger partial charge in [0.2, 0.25) is 0 Å². The second kappa shape index (κ2) is 13.5. The zero-order chi connectivity index (χ0) is 38.8. The number of hydrogen-bond donors (Lipinski definition) is 0. The summed E-state index contributed by atoms with van der Waals surface area (Å²) in [6.07, 6.45) is 0. The van der Waals surface area contributed by atoms with Crippen LogP contribution in [0, 0.1) is 0 Å². The van der Waals surface area contributed by atoms with Crippen molar-refractivity contribution in [1.82, 2.24) is 0 Å². The second-order valence-corrected chi connectivity index (χ2v) is 16.1. The average molecular weight is 740 g/mol. The number of hydrogen-bond acceptors (Lipinski definition) is 1. The summed E-state index contributed by atoms with van der Waals surface area (Å²) in [5.74, 6) is 0. The summed E-state index contributed by atoms with van der Waals surface area (Å²) in [4.78, 5) is 2.47. The van der Waals surface area contributed by atoms with Gasteiger partial charge in [0, 0.05) is 22.4 Å². The van der Waals surface area contributed by atoms with Gasteiger partial charge < -0.3 is 4.90 Å². The molecule has 0 aromatic heterocycles. The van der Waals surface area contributed by atoms with Gasteiger partial charge in [0.15, 0.2) is 0 Å². The van der Waals surface area contributed by atoms with Crippen LogP contribution in [-0.2, 0) is 5.41 Å². The highest BCUT2D eigenvalue weighted by Crippen LogP contribution is 2.55. The smallest absolute Gasteiger partial charge is 0.0546 e. The largest absolute Gasteiger partial charge is 0.310 e. The number of benzene rings is 10. The van der Waals surface area contributed by atoms with E-state index >= 15 is 0 Å². The molecular weight excluding hydrogens is 699 g/mol. The Morgan fingerprint density at radius 1 is 0.345 bits per heavy atom. The number of fused-ring (bicyclic) bond motifs is 5. The second-order valence-electron chi connectivity index (χ2n) is 16.1. The number of anilines is 3. The summed E-state index contributed by atoms with van der Waals surface area (Å²) < 4.78 is 0. The molecule has 0 bridgehead atoms. The minimum absolute atomic E-state index is 0.204. The molecule has 0 heterocycles. The van der Waals surface area contributed by atoms with Gasteiger partial charge in [-0.3, -0.25) is 0 Å². The van der Waals surface area contributed by atoms with Gasteiger partial charge in [0.25, 0.3) is 0 Å². The molecule has 0 atom stereocenters. The van der Waals surface area contributed by atoms with E-state index in [1.54, 1.807) is 0 Å². The van der Waals surface area contributed by atoms with Gasteiger partial charge in [-0.2, -0.15) is 0 Å². The van der Waals surface area contributed by atoms with Gasteiger partial charge in [-0.1, -0.05) is 184 Å². The highest BCUT2D eigenvalue weighted by molar-refractivity contribution is 6.15. The third-order valence-corrected chi connectivity index (χ3v) is 12.4. The first-order chi connectivity index (χ1) is 28.5. The van der Waals surface area contributed by atoms with Crippen molar-refractivity contribution in [2.75, 3.05) is 4.90 Å². The Morgan fingerprint density at radius 2 is 0.879 bits per heavy atom. The molecule has 1 aliphatic rings. The van der Waals surface area contributed by atoms with Gasteiger partial charge in [-0.15, -0.1) is 0 Å². The lowest BCUT2D eigenvalue weighted by Gasteiger charge is -2.38. The molecule has 0 unspecified atom stereocenters. The molecule has 0 spiro atoms. The fraction of sp³-hybridized carbons (Fsp3) is 0.0526. The van der Waals surface area contributed by atoms with Crippen LogP contribution < -0.4 is 4.90 Å². The zero-order valence-corrected chi connectivity index (χ0v) is 32.7. The van der Waals surface area contributed by atoms with Gasteiger partial charge in [-0.25, -0.2) is 0 Å². The molecule has 10 aromatic rings. The Morgan fingerprint density at radius 3 is 1.53 bits per heavy atom. The quantitative estimate of drug-likeness (QED) is 0.154. The highest BCUT2D eigenvalue weighted by atomic mass is 15.1. The molecule has 0 aliphatic heterocycles. The van der Waals surface area contributed by atoms with E-state index in [4.69, 9.17) is 0 Å². The first-order valence-electron chi connectivity index (χ1n) is 20.3. The predicted molar refractivity (Wildman–Crippen MR) is 248 cm³/mol. The topological polar surface area (TPSA) is 3.24 Å². The normalized spacial score (nSPS) is 12.8. The van der Waals surface area contributed by atoms with E-state index < -0.39 is 0 Å². The highest BCUT2D eigenvalue weighted by Gasteiger charge is 2.36. The first kappa shape index (κ1) is 34.1. The summed E-state index contributed by atoms with van der Waals surface area (Å²) in [6.45, 7) is 4.79. The Hall–Kier alpha value is -7.22. The van der Waals surface area contributed by atoms with Crippen LogP contribution in [0.4, 0.5) is 17.1 Å². The van der Waals surface area contributed by atoms with E-state index in [1.165, 1.54) is 88.0 Å². The number of nitrogens with zero attached hydrogens (tertiary/aromatic N) is 1. The van der Waals surface area contributed by atoms with Crippen LogP contribution in [0.5, 0.6) is 0 Å². The lowest BCUT2D eigenvalue weighted by molar-refractivity contribution is 0.645. The molecule has 1 heteroatoms. The zero-order valence-electron chi connectivity index (χ0n) is 32.7. The molecule has 0 saturated carbocycles. The first-order valence-corrected chi connectivity index (χ1v) is 20.3. The van der Waals surface area contributed by atoms with Crippen LogP contribution >= 0.6 is 0 Å². The molecule has 0 N–H and O–H groups in total. The molecular formula is C57H41N. The minimum atomic E-state index is -0.204. The van der Waals surface area contributed by atoms with Crippen molar-refractivity contribution in [3.63, 3.8) is 0 Å². The molecule has 0 radical (unpaired) electrons. The van der Waals surface area contributed by atoms with E-state index in [9.17, 15) is 0 Å². The molecule has 0 saturated heterocycles. The van der Waals surface area contributed by atoms with Crippen LogP contribution in [0.2, 0.25) is 0 Å². The van der Waals surface area contributed by atoms with Crippen LogP contribution in [0.25, 0.3) is 76.8 Å². The lowest BCUT2D eigenvalue weighted by Crippen LogP contribution is -2.24. The van der Waals surface area contributed by atoms with E-state index in [0.717, 1.165) is 17.1 Å². The SMILES string of the molecule is CC1(C)c2ccc(-c3cc4ccccc4c4ccccc34)cc2-c2c(N(c3ccc(-c4ccccc4)cc3)c3ccc(-c4ccccc4)cc3)ccc3cccc1c23. The Balaban J connectivity index is 1.17. The fourth-order valence-electron chi connectivity index (χ4n) is 9.54. The molecule has 0 fully saturated rings. The Bertz CT molecular complexity index is 3080. The molecule has 1 aliphatic carbocycles.